The van der Waals surface area contributed by atoms with Crippen LogP contribution in [0.15, 0.2) is 36.4 Å². The Hall–Kier alpha value is -3.06. The molecule has 2 heterocycles. The molecule has 1 fully saturated rings. The Bertz CT molecular complexity index is 1160. The van der Waals surface area contributed by atoms with E-state index < -0.39 is 36.0 Å². The lowest BCUT2D eigenvalue weighted by Gasteiger charge is -2.33. The van der Waals surface area contributed by atoms with Crippen LogP contribution in [0.2, 0.25) is 5.15 Å². The van der Waals surface area contributed by atoms with Crippen LogP contribution >= 0.6 is 11.6 Å². The summed E-state index contributed by atoms with van der Waals surface area (Å²) in [7, 11) is 4.64. The van der Waals surface area contributed by atoms with Crippen molar-refractivity contribution in [2.24, 2.45) is 5.92 Å². The molecule has 14 heteroatoms. The van der Waals surface area contributed by atoms with Crippen LogP contribution in [-0.4, -0.2) is 85.3 Å². The topological polar surface area (TPSA) is 77.0 Å². The number of hydrogen-bond acceptors (Lipinski definition) is 5. The van der Waals surface area contributed by atoms with Gasteiger partial charge in [-0.1, -0.05) is 23.7 Å². The van der Waals surface area contributed by atoms with Gasteiger partial charge in [0.1, 0.15) is 16.8 Å². The third-order valence-corrected chi connectivity index (χ3v) is 6.94. The minimum absolute atomic E-state index is 0.154. The number of aromatic nitrogens is 1. The number of nitrogens with zero attached hydrogens (tertiary/aromatic N) is 4. The monoisotopic (exact) mass is 610 g/mol. The van der Waals surface area contributed by atoms with E-state index in [0.29, 0.717) is 23.7 Å². The Balaban J connectivity index is 0.00000138. The fraction of sp³-hybridized carbons (Fsp3) is 0.519. The van der Waals surface area contributed by atoms with Gasteiger partial charge in [0.25, 0.3) is 5.91 Å². The Morgan fingerprint density at radius 1 is 1.12 bits per heavy atom. The SMILES string of the molecule is CN(C)C(=O)c1ccc(N2CCC(CCCN(C)C(=O)C(c3cccc(F)c3)C(F)(F)F)CC2)nc1Cl.OC(F)F. The van der Waals surface area contributed by atoms with Crippen molar-refractivity contribution in [1.82, 2.24) is 14.8 Å². The smallest absolute Gasteiger partial charge is 0.357 e. The molecular weight excluding hydrogens is 578 g/mol. The van der Waals surface area contributed by atoms with Gasteiger partial charge < -0.3 is 19.8 Å². The average molecular weight is 611 g/mol. The maximum atomic E-state index is 13.7. The number of carbonyl (C=O) groups excluding carboxylic acids is 2. The molecule has 0 saturated carbocycles. The molecule has 1 aromatic heterocycles. The van der Waals surface area contributed by atoms with Crippen molar-refractivity contribution in [3.05, 3.63) is 58.5 Å². The van der Waals surface area contributed by atoms with Gasteiger partial charge >= 0.3 is 12.8 Å². The molecule has 1 aliphatic rings. The third kappa shape index (κ3) is 10.4. The molecule has 1 N–H and O–H groups in total. The number of pyridine rings is 1. The number of aliphatic hydroxyl groups excluding tert-OH is 1. The number of amides is 2. The molecule has 1 aromatic carbocycles. The molecule has 228 valence electrons. The molecule has 0 aliphatic carbocycles. The molecule has 1 saturated heterocycles. The van der Waals surface area contributed by atoms with E-state index in [-0.39, 0.29) is 17.6 Å². The molecule has 41 heavy (non-hydrogen) atoms. The zero-order valence-electron chi connectivity index (χ0n) is 22.8. The first-order valence-corrected chi connectivity index (χ1v) is 13.2. The Morgan fingerprint density at radius 2 is 1.73 bits per heavy atom. The van der Waals surface area contributed by atoms with Gasteiger partial charge in [-0.25, -0.2) is 9.37 Å². The molecule has 1 atom stereocenters. The number of likely N-dealkylation sites (N-methyl/N-ethyl adjacent to an activating group) is 1. The maximum Gasteiger partial charge on any atom is 0.404 e. The Morgan fingerprint density at radius 3 is 2.24 bits per heavy atom. The average Bonchev–Trinajstić information content (AvgIpc) is 2.87. The van der Waals surface area contributed by atoms with Gasteiger partial charge in [-0.05, 0) is 61.4 Å². The number of alkyl halides is 5. The number of piperidine rings is 1. The van der Waals surface area contributed by atoms with Crippen LogP contribution in [0.3, 0.4) is 0 Å². The van der Waals surface area contributed by atoms with Crippen LogP contribution in [0.25, 0.3) is 0 Å². The number of rotatable bonds is 8. The predicted molar refractivity (Wildman–Crippen MR) is 142 cm³/mol. The molecular formula is C27H33ClF6N4O3. The number of benzene rings is 1. The summed E-state index contributed by atoms with van der Waals surface area (Å²) >= 11 is 6.23. The normalized spacial score (nSPS) is 14.8. The first kappa shape index (κ1) is 34.1. The van der Waals surface area contributed by atoms with E-state index in [9.17, 15) is 35.9 Å². The summed E-state index contributed by atoms with van der Waals surface area (Å²) in [6, 6.07) is 7.54. The van der Waals surface area contributed by atoms with E-state index in [1.165, 1.54) is 18.0 Å². The van der Waals surface area contributed by atoms with E-state index >= 15 is 0 Å². The summed E-state index contributed by atoms with van der Waals surface area (Å²) in [5.41, 5.74) is -0.0568. The largest absolute Gasteiger partial charge is 0.404 e. The van der Waals surface area contributed by atoms with E-state index in [2.05, 4.69) is 9.88 Å². The first-order chi connectivity index (χ1) is 19.1. The summed E-state index contributed by atoms with van der Waals surface area (Å²) in [4.78, 5) is 33.8. The second-order valence-corrected chi connectivity index (χ2v) is 10.2. The summed E-state index contributed by atoms with van der Waals surface area (Å²) in [5.74, 6) is -3.46. The molecule has 0 radical (unpaired) electrons. The van der Waals surface area contributed by atoms with E-state index in [0.717, 1.165) is 55.5 Å². The highest BCUT2D eigenvalue weighted by Gasteiger charge is 2.47. The molecule has 1 aliphatic heterocycles. The molecule has 3 rings (SSSR count). The zero-order chi connectivity index (χ0) is 30.9. The third-order valence-electron chi connectivity index (χ3n) is 6.65. The summed E-state index contributed by atoms with van der Waals surface area (Å²) in [6.07, 6.45) is -1.76. The van der Waals surface area contributed by atoms with Crippen molar-refractivity contribution in [2.75, 3.05) is 45.7 Å². The van der Waals surface area contributed by atoms with Crippen LogP contribution in [0.5, 0.6) is 0 Å². The van der Waals surface area contributed by atoms with Crippen molar-refractivity contribution >= 4 is 29.2 Å². The van der Waals surface area contributed by atoms with Crippen molar-refractivity contribution in [3.63, 3.8) is 0 Å². The summed E-state index contributed by atoms with van der Waals surface area (Å²) in [5, 5.41) is 6.88. The zero-order valence-corrected chi connectivity index (χ0v) is 23.6. The molecule has 1 unspecified atom stereocenters. The van der Waals surface area contributed by atoms with E-state index in [1.54, 1.807) is 26.2 Å². The quantitative estimate of drug-likeness (QED) is 0.312. The maximum absolute atomic E-state index is 13.7. The minimum Gasteiger partial charge on any atom is -0.357 e. The number of aliphatic hydroxyl groups is 1. The van der Waals surface area contributed by atoms with Crippen LogP contribution in [0.4, 0.5) is 32.2 Å². The molecule has 7 nitrogen and oxygen atoms in total. The molecule has 0 bridgehead atoms. The Labute approximate surface area is 239 Å². The van der Waals surface area contributed by atoms with Crippen molar-refractivity contribution < 1.29 is 41.0 Å². The van der Waals surface area contributed by atoms with Crippen molar-refractivity contribution in [3.8, 4) is 0 Å². The van der Waals surface area contributed by atoms with E-state index in [1.807, 2.05) is 0 Å². The summed E-state index contributed by atoms with van der Waals surface area (Å²) in [6.45, 7) is -1.52. The number of halogens is 7. The number of hydrogen-bond donors (Lipinski definition) is 1. The predicted octanol–water partition coefficient (Wildman–Crippen LogP) is 5.58. The summed E-state index contributed by atoms with van der Waals surface area (Å²) < 4.78 is 74.2. The molecule has 0 spiro atoms. The van der Waals surface area contributed by atoms with Gasteiger partial charge in [0.05, 0.1) is 5.56 Å². The fourth-order valence-electron chi connectivity index (χ4n) is 4.56. The second kappa shape index (κ2) is 15.2. The van der Waals surface area contributed by atoms with Gasteiger partial charge in [-0.3, -0.25) is 9.59 Å². The highest BCUT2D eigenvalue weighted by atomic mass is 35.5. The lowest BCUT2D eigenvalue weighted by Crippen LogP contribution is -2.39. The van der Waals surface area contributed by atoms with Crippen LogP contribution in [-0.2, 0) is 4.79 Å². The molecule has 2 amide bonds. The van der Waals surface area contributed by atoms with Gasteiger partial charge in [-0.15, -0.1) is 0 Å². The van der Waals surface area contributed by atoms with Crippen LogP contribution in [0, 0.1) is 11.7 Å². The highest BCUT2D eigenvalue weighted by molar-refractivity contribution is 6.32. The van der Waals surface area contributed by atoms with Gasteiger partial charge in [0, 0.05) is 40.8 Å². The number of anilines is 1. The van der Waals surface area contributed by atoms with Gasteiger partial charge in [0.15, 0.2) is 5.92 Å². The lowest BCUT2D eigenvalue weighted by atomic mass is 9.92. The minimum atomic E-state index is -4.82. The van der Waals surface area contributed by atoms with Crippen molar-refractivity contribution in [2.45, 2.75) is 44.4 Å². The van der Waals surface area contributed by atoms with Crippen LogP contribution in [0.1, 0.15) is 47.5 Å². The second-order valence-electron chi connectivity index (χ2n) is 9.85. The van der Waals surface area contributed by atoms with E-state index in [4.69, 9.17) is 16.7 Å². The van der Waals surface area contributed by atoms with Crippen LogP contribution < -0.4 is 4.90 Å². The van der Waals surface area contributed by atoms with Gasteiger partial charge in [-0.2, -0.15) is 22.0 Å². The lowest BCUT2D eigenvalue weighted by molar-refractivity contribution is -0.171. The Kier molecular flexibility index (Phi) is 12.7. The first-order valence-electron chi connectivity index (χ1n) is 12.8. The molecule has 2 aromatic rings. The fourth-order valence-corrected chi connectivity index (χ4v) is 4.79. The number of carbonyl (C=O) groups is 2. The highest BCUT2D eigenvalue weighted by Crippen LogP contribution is 2.36. The van der Waals surface area contributed by atoms with Gasteiger partial charge in [0.2, 0.25) is 5.91 Å². The van der Waals surface area contributed by atoms with Crippen molar-refractivity contribution in [1.29, 1.82) is 0 Å². The standard InChI is InChI=1S/C26H31ClF4N4O2.CH2F2O/c1-33(2)24(36)20-9-10-21(32-23(20)27)35-14-11-17(12-15-35)6-5-13-34(3)25(37)22(26(29,30)31)18-7-4-8-19(28)16-18;2-1(3)4/h4,7-10,16-17,22H,5-6,11-15H2,1-3H3;1,4H.